The highest BCUT2D eigenvalue weighted by Crippen LogP contribution is 2.22. The Labute approximate surface area is 106 Å². The Morgan fingerprint density at radius 3 is 2.61 bits per heavy atom. The monoisotopic (exact) mass is 272 g/mol. The molecule has 0 bridgehead atoms. The Balaban J connectivity index is 2.32. The average molecular weight is 272 g/mol. The molecule has 0 saturated carbocycles. The molecule has 1 aromatic heterocycles. The fourth-order valence-electron chi connectivity index (χ4n) is 1.84. The number of hydrogen-bond acceptors (Lipinski definition) is 4. The zero-order valence-corrected chi connectivity index (χ0v) is 11.1. The van der Waals surface area contributed by atoms with Gasteiger partial charge < -0.3 is 15.6 Å². The second-order valence-electron chi connectivity index (χ2n) is 4.33. The van der Waals surface area contributed by atoms with Gasteiger partial charge in [-0.15, -0.1) is 0 Å². The quantitative estimate of drug-likeness (QED) is 0.716. The van der Waals surface area contributed by atoms with Gasteiger partial charge in [0.05, 0.1) is 0 Å². The van der Waals surface area contributed by atoms with Crippen LogP contribution in [0.25, 0.3) is 0 Å². The molecule has 2 rings (SSSR count). The maximum atomic E-state index is 12.2. The van der Waals surface area contributed by atoms with Crippen molar-refractivity contribution in [1.82, 2.24) is 14.2 Å². The van der Waals surface area contributed by atoms with Crippen LogP contribution in [0, 0.1) is 0 Å². The summed E-state index contributed by atoms with van der Waals surface area (Å²) in [5.74, 6) is -0.320. The van der Waals surface area contributed by atoms with E-state index < -0.39 is 10.0 Å². The number of amides is 1. The van der Waals surface area contributed by atoms with E-state index in [0.29, 0.717) is 18.8 Å². The van der Waals surface area contributed by atoms with E-state index in [9.17, 15) is 13.2 Å². The largest absolute Gasteiger partial charge is 0.354 e. The molecule has 3 N–H and O–H groups in total. The second kappa shape index (κ2) is 4.38. The molecule has 7 nitrogen and oxygen atoms in total. The fraction of sp³-hybridized carbons (Fsp3) is 0.500. The molecule has 18 heavy (non-hydrogen) atoms. The van der Waals surface area contributed by atoms with E-state index in [-0.39, 0.29) is 16.8 Å². The number of hydrogen-bond donors (Lipinski definition) is 2. The van der Waals surface area contributed by atoms with E-state index in [0.717, 1.165) is 0 Å². The summed E-state index contributed by atoms with van der Waals surface area (Å²) in [6.45, 7) is 0.652. The molecule has 8 heteroatoms. The Kier molecular flexibility index (Phi) is 3.18. The van der Waals surface area contributed by atoms with Gasteiger partial charge in [0.25, 0.3) is 5.91 Å². The number of carbonyl (C=O) groups is 1. The number of sulfonamides is 1. The lowest BCUT2D eigenvalue weighted by molar-refractivity contribution is 0.0955. The predicted octanol–water partition coefficient (Wildman–Crippen LogP) is -1.28. The van der Waals surface area contributed by atoms with Crippen molar-refractivity contribution in [2.45, 2.75) is 10.9 Å². The van der Waals surface area contributed by atoms with Gasteiger partial charge in [-0.05, 0) is 6.07 Å². The zero-order chi connectivity index (χ0) is 13.5. The van der Waals surface area contributed by atoms with Gasteiger partial charge in [-0.1, -0.05) is 0 Å². The molecule has 1 saturated heterocycles. The molecule has 0 radical (unpaired) electrons. The van der Waals surface area contributed by atoms with Gasteiger partial charge in [-0.2, -0.15) is 4.31 Å². The van der Waals surface area contributed by atoms with Crippen molar-refractivity contribution in [3.05, 3.63) is 18.0 Å². The lowest BCUT2D eigenvalue weighted by Crippen LogP contribution is -2.57. The molecule has 0 spiro atoms. The Bertz CT molecular complexity index is 572. The molecule has 0 aliphatic carbocycles. The summed E-state index contributed by atoms with van der Waals surface area (Å²) in [6, 6.07) is 1.28. The van der Waals surface area contributed by atoms with Crippen molar-refractivity contribution < 1.29 is 13.2 Å². The average Bonchev–Trinajstić information content (AvgIpc) is 2.66. The first kappa shape index (κ1) is 13.1. The molecule has 0 unspecified atom stereocenters. The van der Waals surface area contributed by atoms with Gasteiger partial charge in [-0.3, -0.25) is 4.79 Å². The van der Waals surface area contributed by atoms with E-state index in [1.165, 1.54) is 28.2 Å². The Morgan fingerprint density at radius 1 is 1.50 bits per heavy atom. The van der Waals surface area contributed by atoms with Crippen LogP contribution in [-0.2, 0) is 17.1 Å². The molecule has 1 amide bonds. The standard InChI is InChI=1S/C10H16N4O3S/c1-12-10(15)9-3-8(6-13(9)2)18(16,17)14-4-7(11)5-14/h3,6-7H,4-5,11H2,1-2H3,(H,12,15). The van der Waals surface area contributed by atoms with Crippen LogP contribution in [0.15, 0.2) is 17.2 Å². The number of aryl methyl sites for hydroxylation is 1. The SMILES string of the molecule is CNC(=O)c1cc(S(=O)(=O)N2CC(N)C2)cn1C. The van der Waals surface area contributed by atoms with Crippen LogP contribution in [-0.4, -0.2) is 49.4 Å². The minimum atomic E-state index is -3.53. The van der Waals surface area contributed by atoms with Crippen LogP contribution < -0.4 is 11.1 Å². The molecule has 0 aromatic carbocycles. The van der Waals surface area contributed by atoms with Crippen LogP contribution in [0.4, 0.5) is 0 Å². The number of nitrogens with two attached hydrogens (primary N) is 1. The molecule has 0 atom stereocenters. The third-order valence-corrected chi connectivity index (χ3v) is 4.75. The van der Waals surface area contributed by atoms with Gasteiger partial charge >= 0.3 is 0 Å². The van der Waals surface area contributed by atoms with Crippen molar-refractivity contribution >= 4 is 15.9 Å². The Hall–Kier alpha value is -1.38. The maximum absolute atomic E-state index is 12.2. The van der Waals surface area contributed by atoms with Gasteiger partial charge in [-0.25, -0.2) is 8.42 Å². The van der Waals surface area contributed by atoms with Crippen molar-refractivity contribution in [3.63, 3.8) is 0 Å². The highest BCUT2D eigenvalue weighted by atomic mass is 32.2. The van der Waals surface area contributed by atoms with Crippen molar-refractivity contribution in [2.24, 2.45) is 12.8 Å². The summed E-state index contributed by atoms with van der Waals surface area (Å²) in [5, 5.41) is 2.46. The topological polar surface area (TPSA) is 97.4 Å². The molecule has 1 aliphatic heterocycles. The minimum absolute atomic E-state index is 0.0955. The molecule has 2 heterocycles. The predicted molar refractivity (Wildman–Crippen MR) is 65.5 cm³/mol. The lowest BCUT2D eigenvalue weighted by Gasteiger charge is -2.35. The normalized spacial score (nSPS) is 17.5. The van der Waals surface area contributed by atoms with Crippen molar-refractivity contribution in [1.29, 1.82) is 0 Å². The summed E-state index contributed by atoms with van der Waals surface area (Å²) in [6.07, 6.45) is 1.43. The summed E-state index contributed by atoms with van der Waals surface area (Å²) in [5.41, 5.74) is 5.88. The van der Waals surface area contributed by atoms with Gasteiger partial charge in [0.15, 0.2) is 0 Å². The van der Waals surface area contributed by atoms with Crippen molar-refractivity contribution in [2.75, 3.05) is 20.1 Å². The number of rotatable bonds is 3. The summed E-state index contributed by atoms with van der Waals surface area (Å²) in [7, 11) is -0.398. The van der Waals surface area contributed by atoms with E-state index in [1.54, 1.807) is 7.05 Å². The minimum Gasteiger partial charge on any atom is -0.354 e. The fourth-order valence-corrected chi connectivity index (χ4v) is 3.47. The number of nitrogens with zero attached hydrogens (tertiary/aromatic N) is 2. The third-order valence-electron chi connectivity index (χ3n) is 2.95. The molecular formula is C10H16N4O3S. The van der Waals surface area contributed by atoms with Gasteiger partial charge in [0.2, 0.25) is 10.0 Å². The van der Waals surface area contributed by atoms with Crippen LogP contribution in [0.2, 0.25) is 0 Å². The number of nitrogens with one attached hydrogen (secondary N) is 1. The van der Waals surface area contributed by atoms with E-state index in [2.05, 4.69) is 5.32 Å². The van der Waals surface area contributed by atoms with Gasteiger partial charge in [0, 0.05) is 39.4 Å². The van der Waals surface area contributed by atoms with Crippen LogP contribution in [0.5, 0.6) is 0 Å². The zero-order valence-electron chi connectivity index (χ0n) is 10.3. The molecule has 1 fully saturated rings. The molecule has 100 valence electrons. The van der Waals surface area contributed by atoms with E-state index in [4.69, 9.17) is 5.73 Å². The van der Waals surface area contributed by atoms with Crippen LogP contribution in [0.3, 0.4) is 0 Å². The van der Waals surface area contributed by atoms with Gasteiger partial charge in [0.1, 0.15) is 10.6 Å². The van der Waals surface area contributed by atoms with E-state index >= 15 is 0 Å². The van der Waals surface area contributed by atoms with Crippen LogP contribution >= 0.6 is 0 Å². The highest BCUT2D eigenvalue weighted by molar-refractivity contribution is 7.89. The molecule has 1 aromatic rings. The second-order valence-corrected chi connectivity index (χ2v) is 6.27. The lowest BCUT2D eigenvalue weighted by atomic mass is 10.2. The number of aromatic nitrogens is 1. The smallest absolute Gasteiger partial charge is 0.267 e. The number of carbonyl (C=O) groups excluding carboxylic acids is 1. The first-order chi connectivity index (χ1) is 8.36. The maximum Gasteiger partial charge on any atom is 0.267 e. The highest BCUT2D eigenvalue weighted by Gasteiger charge is 2.35. The summed E-state index contributed by atoms with van der Waals surface area (Å²) >= 11 is 0. The third kappa shape index (κ3) is 2.02. The first-order valence-corrected chi connectivity index (χ1v) is 6.94. The molecular weight excluding hydrogens is 256 g/mol. The van der Waals surface area contributed by atoms with Crippen molar-refractivity contribution in [3.8, 4) is 0 Å². The van der Waals surface area contributed by atoms with E-state index in [1.807, 2.05) is 0 Å². The molecule has 1 aliphatic rings. The Morgan fingerprint density at radius 2 is 2.11 bits per heavy atom. The summed E-state index contributed by atoms with van der Waals surface area (Å²) in [4.78, 5) is 11.6. The van der Waals surface area contributed by atoms with Crippen LogP contribution in [0.1, 0.15) is 10.5 Å². The summed E-state index contributed by atoms with van der Waals surface area (Å²) < 4.78 is 27.1. The first-order valence-electron chi connectivity index (χ1n) is 5.50.